The molecule has 0 spiro atoms. The zero-order valence-electron chi connectivity index (χ0n) is 18.8. The number of carboxylic acids is 2. The van der Waals surface area contributed by atoms with Crippen LogP contribution in [0.2, 0.25) is 0 Å². The Kier molecular flexibility index (Phi) is 26.9. The second kappa shape index (κ2) is 23.9. The fourth-order valence-corrected chi connectivity index (χ4v) is 2.20. The molecule has 0 saturated carbocycles. The van der Waals surface area contributed by atoms with E-state index in [9.17, 15) is 9.59 Å². The number of aliphatic carboxylic acids is 2. The average Bonchev–Trinajstić information content (AvgIpc) is 2.54. The van der Waals surface area contributed by atoms with E-state index in [1.807, 2.05) is 0 Å². The number of aliphatic hydroxyl groups excluding tert-OH is 2. The summed E-state index contributed by atoms with van der Waals surface area (Å²) in [5, 5.41) is 33.1. The summed E-state index contributed by atoms with van der Waals surface area (Å²) in [6.45, 7) is 10.5. The summed E-state index contributed by atoms with van der Waals surface area (Å²) in [6, 6.07) is 0. The molecule has 0 radical (unpaired) electrons. The maximum atomic E-state index is 10.1. The van der Waals surface area contributed by atoms with Gasteiger partial charge in [0, 0.05) is 19.4 Å². The lowest BCUT2D eigenvalue weighted by Gasteiger charge is -2.02. The van der Waals surface area contributed by atoms with Gasteiger partial charge in [0.1, 0.15) is 0 Å². The molecule has 0 aromatic carbocycles. The fraction of sp³-hybridized carbons (Fsp3) is 0.909. The van der Waals surface area contributed by atoms with Gasteiger partial charge in [-0.15, -0.1) is 0 Å². The van der Waals surface area contributed by atoms with Crippen molar-refractivity contribution in [2.75, 3.05) is 6.61 Å². The molecular weight excluding hydrogens is 360 g/mol. The van der Waals surface area contributed by atoms with Crippen molar-refractivity contribution < 1.29 is 30.0 Å². The standard InChI is InChI=1S/2C9H18O2.C4H10O2/c2*1-8(2)6-4-3-5-7-9(10)11;1-4(6)2-3-5/h2*8H,3-7H2,1-2H3,(H,10,11);4-6H,2-3H2,1H3. The van der Waals surface area contributed by atoms with Crippen LogP contribution >= 0.6 is 0 Å². The second-order valence-corrected chi connectivity index (χ2v) is 8.14. The number of aliphatic hydroxyl groups is 2. The third-order valence-corrected chi connectivity index (χ3v) is 3.89. The van der Waals surface area contributed by atoms with E-state index in [0.717, 1.165) is 37.5 Å². The highest BCUT2D eigenvalue weighted by Crippen LogP contribution is 2.09. The van der Waals surface area contributed by atoms with Crippen molar-refractivity contribution in [2.45, 2.75) is 111 Å². The quantitative estimate of drug-likeness (QED) is 0.298. The molecule has 0 rings (SSSR count). The molecule has 0 aromatic rings. The van der Waals surface area contributed by atoms with E-state index in [0.29, 0.717) is 19.3 Å². The van der Waals surface area contributed by atoms with Crippen molar-refractivity contribution >= 4 is 11.9 Å². The molecule has 0 amide bonds. The van der Waals surface area contributed by atoms with Gasteiger partial charge in [0.15, 0.2) is 0 Å². The first kappa shape index (κ1) is 31.6. The fourth-order valence-electron chi connectivity index (χ4n) is 2.20. The van der Waals surface area contributed by atoms with Crippen molar-refractivity contribution in [3.63, 3.8) is 0 Å². The maximum absolute atomic E-state index is 10.1. The van der Waals surface area contributed by atoms with Crippen LogP contribution in [0, 0.1) is 11.8 Å². The minimum atomic E-state index is -0.672. The molecule has 6 heteroatoms. The molecular formula is C22H46O6. The first-order valence-electron chi connectivity index (χ1n) is 10.7. The summed E-state index contributed by atoms with van der Waals surface area (Å²) >= 11 is 0. The number of unbranched alkanes of at least 4 members (excludes halogenated alkanes) is 4. The highest BCUT2D eigenvalue weighted by atomic mass is 16.4. The Bertz CT molecular complexity index is 312. The lowest BCUT2D eigenvalue weighted by atomic mass is 10.0. The minimum Gasteiger partial charge on any atom is -0.481 e. The van der Waals surface area contributed by atoms with E-state index in [4.69, 9.17) is 20.4 Å². The number of rotatable bonds is 14. The molecule has 0 aromatic heterocycles. The zero-order valence-corrected chi connectivity index (χ0v) is 18.8. The Hall–Kier alpha value is -1.14. The molecule has 4 N–H and O–H groups in total. The number of carbonyl (C=O) groups is 2. The third-order valence-electron chi connectivity index (χ3n) is 3.89. The van der Waals surface area contributed by atoms with Crippen molar-refractivity contribution in [1.29, 1.82) is 0 Å². The molecule has 0 heterocycles. The topological polar surface area (TPSA) is 115 Å². The van der Waals surface area contributed by atoms with Gasteiger partial charge >= 0.3 is 11.9 Å². The molecule has 0 fully saturated rings. The van der Waals surface area contributed by atoms with Crippen LogP contribution in [0.3, 0.4) is 0 Å². The van der Waals surface area contributed by atoms with E-state index in [-0.39, 0.29) is 12.7 Å². The molecule has 0 aliphatic rings. The van der Waals surface area contributed by atoms with Crippen LogP contribution < -0.4 is 0 Å². The van der Waals surface area contributed by atoms with Crippen LogP contribution in [-0.4, -0.2) is 45.1 Å². The predicted octanol–water partition coefficient (Wildman–Crippen LogP) is 5.10. The molecule has 0 aliphatic heterocycles. The van der Waals surface area contributed by atoms with Crippen molar-refractivity contribution in [1.82, 2.24) is 0 Å². The monoisotopic (exact) mass is 406 g/mol. The van der Waals surface area contributed by atoms with Crippen LogP contribution in [-0.2, 0) is 9.59 Å². The van der Waals surface area contributed by atoms with Crippen LogP contribution in [0.15, 0.2) is 0 Å². The van der Waals surface area contributed by atoms with E-state index in [2.05, 4.69) is 27.7 Å². The SMILES string of the molecule is CC(C)CCCCCC(=O)O.CC(C)CCCCCC(=O)O.CC(O)CCO. The van der Waals surface area contributed by atoms with Crippen LogP contribution in [0.4, 0.5) is 0 Å². The molecule has 28 heavy (non-hydrogen) atoms. The summed E-state index contributed by atoms with van der Waals surface area (Å²) in [6.07, 6.45) is 9.37. The lowest BCUT2D eigenvalue weighted by Crippen LogP contribution is -2.00. The maximum Gasteiger partial charge on any atom is 0.303 e. The first-order chi connectivity index (χ1) is 13.0. The number of hydrogen-bond acceptors (Lipinski definition) is 4. The second-order valence-electron chi connectivity index (χ2n) is 8.14. The highest BCUT2D eigenvalue weighted by molar-refractivity contribution is 5.66. The summed E-state index contributed by atoms with van der Waals surface area (Å²) in [5.41, 5.74) is 0. The first-order valence-corrected chi connectivity index (χ1v) is 10.7. The molecule has 6 nitrogen and oxygen atoms in total. The zero-order chi connectivity index (χ0) is 22.4. The van der Waals surface area contributed by atoms with E-state index in [1.54, 1.807) is 6.92 Å². The summed E-state index contributed by atoms with van der Waals surface area (Å²) in [5.74, 6) is 0.156. The van der Waals surface area contributed by atoms with E-state index in [1.165, 1.54) is 25.7 Å². The smallest absolute Gasteiger partial charge is 0.303 e. The Morgan fingerprint density at radius 3 is 1.18 bits per heavy atom. The van der Waals surface area contributed by atoms with Gasteiger partial charge in [0.2, 0.25) is 0 Å². The minimum absolute atomic E-state index is 0.0810. The van der Waals surface area contributed by atoms with Crippen LogP contribution in [0.1, 0.15) is 105 Å². The van der Waals surface area contributed by atoms with Gasteiger partial charge in [0.25, 0.3) is 0 Å². The van der Waals surface area contributed by atoms with Gasteiger partial charge in [-0.1, -0.05) is 66.2 Å². The largest absolute Gasteiger partial charge is 0.481 e. The molecule has 0 saturated heterocycles. The average molecular weight is 407 g/mol. The number of carboxylic acid groups (broad SMARTS) is 2. The molecule has 1 atom stereocenters. The van der Waals surface area contributed by atoms with Gasteiger partial charge in [-0.05, 0) is 38.0 Å². The molecule has 0 aliphatic carbocycles. The Morgan fingerprint density at radius 2 is 1.00 bits per heavy atom. The Balaban J connectivity index is -0.000000351. The van der Waals surface area contributed by atoms with Gasteiger partial charge in [0.05, 0.1) is 6.10 Å². The van der Waals surface area contributed by atoms with E-state index >= 15 is 0 Å². The molecule has 170 valence electrons. The molecule has 1 unspecified atom stereocenters. The molecule has 0 bridgehead atoms. The number of hydrogen-bond donors (Lipinski definition) is 4. The van der Waals surface area contributed by atoms with Crippen molar-refractivity contribution in [3.8, 4) is 0 Å². The van der Waals surface area contributed by atoms with E-state index < -0.39 is 11.9 Å². The lowest BCUT2D eigenvalue weighted by molar-refractivity contribution is -0.138. The summed E-state index contributed by atoms with van der Waals surface area (Å²) in [7, 11) is 0. The van der Waals surface area contributed by atoms with Gasteiger partial charge in [-0.3, -0.25) is 9.59 Å². The predicted molar refractivity (Wildman–Crippen MR) is 115 cm³/mol. The van der Waals surface area contributed by atoms with Crippen molar-refractivity contribution in [2.24, 2.45) is 11.8 Å². The summed E-state index contributed by atoms with van der Waals surface area (Å²) in [4.78, 5) is 20.2. The van der Waals surface area contributed by atoms with Crippen molar-refractivity contribution in [3.05, 3.63) is 0 Å². The van der Waals surface area contributed by atoms with Gasteiger partial charge < -0.3 is 20.4 Å². The van der Waals surface area contributed by atoms with Crippen LogP contribution in [0.25, 0.3) is 0 Å². The Labute approximate surface area is 172 Å². The highest BCUT2D eigenvalue weighted by Gasteiger charge is 1.98. The normalized spacial score (nSPS) is 11.3. The summed E-state index contributed by atoms with van der Waals surface area (Å²) < 4.78 is 0. The Morgan fingerprint density at radius 1 is 0.643 bits per heavy atom. The van der Waals surface area contributed by atoms with Gasteiger partial charge in [-0.2, -0.15) is 0 Å². The van der Waals surface area contributed by atoms with Crippen LogP contribution in [0.5, 0.6) is 0 Å². The van der Waals surface area contributed by atoms with Gasteiger partial charge in [-0.25, -0.2) is 0 Å². The third kappa shape index (κ3) is 44.4.